The second kappa shape index (κ2) is 8.13. The van der Waals surface area contributed by atoms with E-state index in [-0.39, 0.29) is 24.2 Å². The van der Waals surface area contributed by atoms with Gasteiger partial charge in [0.2, 0.25) is 5.91 Å². The molecule has 0 bridgehead atoms. The predicted octanol–water partition coefficient (Wildman–Crippen LogP) is 1.31. The van der Waals surface area contributed by atoms with Gasteiger partial charge in [0, 0.05) is 18.6 Å². The molecule has 0 radical (unpaired) electrons. The van der Waals surface area contributed by atoms with E-state index in [0.717, 1.165) is 0 Å². The van der Waals surface area contributed by atoms with Crippen LogP contribution in [0.15, 0.2) is 30.6 Å². The Morgan fingerprint density at radius 1 is 1.32 bits per heavy atom. The van der Waals surface area contributed by atoms with Crippen LogP contribution < -0.4 is 5.32 Å². The fourth-order valence-corrected chi connectivity index (χ4v) is 4.01. The van der Waals surface area contributed by atoms with Crippen LogP contribution in [0.2, 0.25) is 0 Å². The number of aliphatic hydroxyl groups is 1. The molecule has 5 rings (SSSR count). The molecule has 10 nitrogen and oxygen atoms in total. The normalized spacial score (nSPS) is 16.0. The number of likely N-dealkylation sites (tertiary alicyclic amines) is 1. The summed E-state index contributed by atoms with van der Waals surface area (Å²) in [6, 6.07) is 3.05. The van der Waals surface area contributed by atoms with Gasteiger partial charge in [-0.3, -0.25) is 14.3 Å². The van der Waals surface area contributed by atoms with Crippen molar-refractivity contribution < 1.29 is 23.5 Å². The summed E-state index contributed by atoms with van der Waals surface area (Å²) in [6.07, 6.45) is 0.601. The third-order valence-electron chi connectivity index (χ3n) is 5.87. The number of nitrogens with zero attached hydrogens (tertiary/aromatic N) is 5. The van der Waals surface area contributed by atoms with Crippen LogP contribution in [-0.4, -0.2) is 78.0 Å². The van der Waals surface area contributed by atoms with Crippen molar-refractivity contribution in [1.29, 1.82) is 0 Å². The van der Waals surface area contributed by atoms with Crippen LogP contribution in [0, 0.1) is 5.82 Å². The van der Waals surface area contributed by atoms with Gasteiger partial charge in [-0.2, -0.15) is 5.10 Å². The summed E-state index contributed by atoms with van der Waals surface area (Å²) >= 11 is 0. The predicted molar refractivity (Wildman–Crippen MR) is 118 cm³/mol. The number of aliphatic hydroxyl groups excluding tert-OH is 1. The quantitative estimate of drug-likeness (QED) is 0.404. The van der Waals surface area contributed by atoms with E-state index in [1.807, 2.05) is 0 Å². The maximum atomic E-state index is 13.7. The zero-order valence-electron chi connectivity index (χ0n) is 18.3. The third kappa shape index (κ3) is 3.65. The summed E-state index contributed by atoms with van der Waals surface area (Å²) in [5.74, 6) is -1.60. The van der Waals surface area contributed by atoms with Crippen LogP contribution in [0.25, 0.3) is 33.5 Å². The number of carbonyl (C=O) groups excluding carboxylic acids is 2. The summed E-state index contributed by atoms with van der Waals surface area (Å²) < 4.78 is 28.4. The summed E-state index contributed by atoms with van der Waals surface area (Å²) in [6.45, 7) is 1.24. The SMILES string of the molecule is CC(O)C(NC(=O)c1c[nH]c2ncc(-c3nn(C)c4cc(F)ccc34)nc12)C(=O)N1CC(F)C1. The number of carbonyl (C=O) groups is 2. The van der Waals surface area contributed by atoms with E-state index in [4.69, 9.17) is 0 Å². The molecule has 1 aliphatic rings. The smallest absolute Gasteiger partial charge is 0.255 e. The lowest BCUT2D eigenvalue weighted by Crippen LogP contribution is -2.60. The Hall–Kier alpha value is -3.93. The highest BCUT2D eigenvalue weighted by Crippen LogP contribution is 2.28. The number of fused-ring (bicyclic) bond motifs is 2. The molecular formula is C22H21F2N7O3. The molecule has 0 saturated carbocycles. The molecule has 2 unspecified atom stereocenters. The van der Waals surface area contributed by atoms with E-state index in [9.17, 15) is 23.5 Å². The molecule has 1 aromatic carbocycles. The van der Waals surface area contributed by atoms with Crippen LogP contribution in [-0.2, 0) is 11.8 Å². The number of nitrogens with one attached hydrogen (secondary N) is 2. The number of hydrogen-bond donors (Lipinski definition) is 3. The number of rotatable bonds is 5. The number of amides is 2. The summed E-state index contributed by atoms with van der Waals surface area (Å²) in [5.41, 5.74) is 2.10. The fraction of sp³-hybridized carbons (Fsp3) is 0.318. The van der Waals surface area contributed by atoms with Crippen LogP contribution in [0.3, 0.4) is 0 Å². The Morgan fingerprint density at radius 3 is 2.79 bits per heavy atom. The average Bonchev–Trinajstić information content (AvgIpc) is 3.35. The highest BCUT2D eigenvalue weighted by molar-refractivity contribution is 6.06. The molecule has 2 atom stereocenters. The van der Waals surface area contributed by atoms with Gasteiger partial charge in [0.1, 0.15) is 34.9 Å². The van der Waals surface area contributed by atoms with Gasteiger partial charge in [-0.05, 0) is 25.1 Å². The lowest BCUT2D eigenvalue weighted by atomic mass is 10.1. The van der Waals surface area contributed by atoms with Crippen molar-refractivity contribution in [3.63, 3.8) is 0 Å². The molecule has 4 aromatic rings. The molecule has 0 spiro atoms. The first-order chi connectivity index (χ1) is 16.2. The minimum Gasteiger partial charge on any atom is -0.391 e. The maximum Gasteiger partial charge on any atom is 0.255 e. The minimum absolute atomic E-state index is 0.0677. The van der Waals surface area contributed by atoms with Crippen molar-refractivity contribution in [3.05, 3.63) is 42.0 Å². The Bertz CT molecular complexity index is 1420. The number of halogens is 2. The molecule has 3 aromatic heterocycles. The van der Waals surface area contributed by atoms with Crippen molar-refractivity contribution in [2.45, 2.75) is 25.2 Å². The van der Waals surface area contributed by atoms with Crippen molar-refractivity contribution in [3.8, 4) is 11.4 Å². The lowest BCUT2D eigenvalue weighted by molar-refractivity contribution is -0.142. The molecule has 1 fully saturated rings. The monoisotopic (exact) mass is 469 g/mol. The first-order valence-corrected chi connectivity index (χ1v) is 10.6. The molecule has 34 heavy (non-hydrogen) atoms. The topological polar surface area (TPSA) is 129 Å². The number of hydrogen-bond acceptors (Lipinski definition) is 6. The number of alkyl halides is 1. The Labute approximate surface area is 191 Å². The summed E-state index contributed by atoms with van der Waals surface area (Å²) in [4.78, 5) is 38.6. The Morgan fingerprint density at radius 2 is 2.09 bits per heavy atom. The maximum absolute atomic E-state index is 13.7. The van der Waals surface area contributed by atoms with E-state index >= 15 is 0 Å². The van der Waals surface area contributed by atoms with Crippen LogP contribution >= 0.6 is 0 Å². The standard InChI is InChI=1S/C22H21F2N7O3/c1-10(32)17(22(34)31-8-12(24)9-31)28-21(33)14-6-25-20-19(14)27-15(7-26-20)18-13-4-3-11(23)5-16(13)30(2)29-18/h3-7,10,12,17,32H,8-9H2,1-2H3,(H,25,26)(H,28,33). The van der Waals surface area contributed by atoms with Gasteiger partial charge in [-0.1, -0.05) is 0 Å². The largest absolute Gasteiger partial charge is 0.391 e. The van der Waals surface area contributed by atoms with Gasteiger partial charge in [0.25, 0.3) is 5.91 Å². The zero-order valence-corrected chi connectivity index (χ0v) is 18.3. The van der Waals surface area contributed by atoms with Gasteiger partial charge < -0.3 is 20.3 Å². The zero-order chi connectivity index (χ0) is 24.1. The van der Waals surface area contributed by atoms with E-state index in [2.05, 4.69) is 25.4 Å². The van der Waals surface area contributed by atoms with Gasteiger partial charge in [0.05, 0.1) is 36.5 Å². The molecule has 0 aliphatic carbocycles. The molecule has 1 aliphatic heterocycles. The number of H-pyrrole nitrogens is 1. The molecule has 1 saturated heterocycles. The second-order valence-electron chi connectivity index (χ2n) is 8.32. The first-order valence-electron chi connectivity index (χ1n) is 10.6. The van der Waals surface area contributed by atoms with Gasteiger partial charge in [0.15, 0.2) is 5.65 Å². The first kappa shape index (κ1) is 21.9. The second-order valence-corrected chi connectivity index (χ2v) is 8.32. The van der Waals surface area contributed by atoms with E-state index < -0.39 is 35.9 Å². The van der Waals surface area contributed by atoms with Crippen molar-refractivity contribution in [1.82, 2.24) is 34.9 Å². The molecular weight excluding hydrogens is 448 g/mol. The third-order valence-corrected chi connectivity index (χ3v) is 5.87. The number of aromatic amines is 1. The molecule has 4 heterocycles. The van der Waals surface area contributed by atoms with Crippen molar-refractivity contribution in [2.75, 3.05) is 13.1 Å². The van der Waals surface area contributed by atoms with E-state index in [0.29, 0.717) is 27.9 Å². The lowest BCUT2D eigenvalue weighted by Gasteiger charge is -2.37. The molecule has 12 heteroatoms. The average molecular weight is 469 g/mol. The Kier molecular flexibility index (Phi) is 5.24. The highest BCUT2D eigenvalue weighted by Gasteiger charge is 2.37. The van der Waals surface area contributed by atoms with Crippen molar-refractivity contribution >= 4 is 33.9 Å². The van der Waals surface area contributed by atoms with Crippen LogP contribution in [0.1, 0.15) is 17.3 Å². The van der Waals surface area contributed by atoms with Crippen LogP contribution in [0.4, 0.5) is 8.78 Å². The van der Waals surface area contributed by atoms with Crippen LogP contribution in [0.5, 0.6) is 0 Å². The highest BCUT2D eigenvalue weighted by atomic mass is 19.1. The molecule has 2 amide bonds. The van der Waals surface area contributed by atoms with E-state index in [1.54, 1.807) is 13.1 Å². The van der Waals surface area contributed by atoms with Gasteiger partial charge in [-0.25, -0.2) is 18.7 Å². The summed E-state index contributed by atoms with van der Waals surface area (Å²) in [5, 5.41) is 17.7. The Balaban J connectivity index is 1.47. The summed E-state index contributed by atoms with van der Waals surface area (Å²) in [7, 11) is 1.68. The number of benzene rings is 1. The van der Waals surface area contributed by atoms with E-state index in [1.165, 1.54) is 41.0 Å². The minimum atomic E-state index is -1.24. The number of aromatic nitrogens is 5. The molecule has 176 valence electrons. The fourth-order valence-electron chi connectivity index (χ4n) is 4.01. The number of aryl methyl sites for hydroxylation is 1. The van der Waals surface area contributed by atoms with Crippen molar-refractivity contribution in [2.24, 2.45) is 7.05 Å². The molecule has 3 N–H and O–H groups in total. The van der Waals surface area contributed by atoms with Gasteiger partial charge >= 0.3 is 0 Å². The van der Waals surface area contributed by atoms with Gasteiger partial charge in [-0.15, -0.1) is 0 Å².